The Labute approximate surface area is 140 Å². The zero-order valence-corrected chi connectivity index (χ0v) is 14.7. The second-order valence-corrected chi connectivity index (χ2v) is 6.97. The van der Waals surface area contributed by atoms with Gasteiger partial charge in [0.1, 0.15) is 6.10 Å². The molecular formula is C18H32O5. The number of hydrogen-bond acceptors (Lipinski definition) is 5. The van der Waals surface area contributed by atoms with Gasteiger partial charge >= 0.3 is 0 Å². The normalized spacial score (nSPS) is 22.9. The van der Waals surface area contributed by atoms with E-state index in [-0.39, 0.29) is 16.9 Å². The molecule has 0 amide bonds. The molecule has 0 aromatic carbocycles. The van der Waals surface area contributed by atoms with E-state index in [0.29, 0.717) is 26.4 Å². The third kappa shape index (κ3) is 5.26. The van der Waals surface area contributed by atoms with Crippen molar-refractivity contribution in [2.24, 2.45) is 10.8 Å². The first kappa shape index (κ1) is 18.9. The van der Waals surface area contributed by atoms with E-state index in [2.05, 4.69) is 20.4 Å². The van der Waals surface area contributed by atoms with Gasteiger partial charge in [-0.3, -0.25) is 0 Å². The second-order valence-electron chi connectivity index (χ2n) is 6.97. The number of hydrogen-bond donors (Lipinski definition) is 0. The van der Waals surface area contributed by atoms with Gasteiger partial charge in [-0.05, 0) is 12.8 Å². The van der Waals surface area contributed by atoms with Crippen molar-refractivity contribution in [2.45, 2.75) is 32.8 Å². The smallest absolute Gasteiger partial charge is 0.104 e. The predicted octanol–water partition coefficient (Wildman–Crippen LogP) is 2.44. The molecule has 0 radical (unpaired) electrons. The lowest BCUT2D eigenvalue weighted by Crippen LogP contribution is -2.48. The average molecular weight is 328 g/mol. The summed E-state index contributed by atoms with van der Waals surface area (Å²) in [6.07, 6.45) is 3.86. The lowest BCUT2D eigenvalue weighted by Gasteiger charge is -2.42. The molecule has 5 nitrogen and oxygen atoms in total. The first-order valence-corrected chi connectivity index (χ1v) is 8.71. The van der Waals surface area contributed by atoms with Crippen molar-refractivity contribution in [3.05, 3.63) is 12.7 Å². The van der Waals surface area contributed by atoms with Crippen molar-refractivity contribution >= 4 is 0 Å². The molecule has 2 heterocycles. The maximum absolute atomic E-state index is 6.09. The average Bonchev–Trinajstić information content (AvgIpc) is 2.49. The van der Waals surface area contributed by atoms with Crippen molar-refractivity contribution in [1.82, 2.24) is 0 Å². The van der Waals surface area contributed by atoms with Crippen LogP contribution in [0.25, 0.3) is 0 Å². The summed E-state index contributed by atoms with van der Waals surface area (Å²) in [6.45, 7) is 14.3. The molecule has 2 saturated heterocycles. The van der Waals surface area contributed by atoms with E-state index in [9.17, 15) is 0 Å². The molecule has 0 spiro atoms. The van der Waals surface area contributed by atoms with Crippen molar-refractivity contribution in [2.75, 3.05) is 59.5 Å². The highest BCUT2D eigenvalue weighted by atomic mass is 16.6. The highest BCUT2D eigenvalue weighted by Gasteiger charge is 2.39. The summed E-state index contributed by atoms with van der Waals surface area (Å²) in [5, 5.41) is 0. The van der Waals surface area contributed by atoms with E-state index in [4.69, 9.17) is 23.7 Å². The van der Waals surface area contributed by atoms with Crippen LogP contribution < -0.4 is 0 Å². The van der Waals surface area contributed by atoms with Crippen molar-refractivity contribution in [3.63, 3.8) is 0 Å². The summed E-state index contributed by atoms with van der Waals surface area (Å²) in [5.74, 6) is 0. The molecule has 0 saturated carbocycles. The van der Waals surface area contributed by atoms with Gasteiger partial charge in [-0.1, -0.05) is 19.9 Å². The summed E-state index contributed by atoms with van der Waals surface area (Å²) < 4.78 is 28.3. The van der Waals surface area contributed by atoms with Crippen LogP contribution in [0.4, 0.5) is 0 Å². The van der Waals surface area contributed by atoms with Gasteiger partial charge in [0.2, 0.25) is 0 Å². The zero-order valence-electron chi connectivity index (χ0n) is 14.7. The fraction of sp³-hybridized carbons (Fsp3) is 0.889. The predicted molar refractivity (Wildman–Crippen MR) is 88.7 cm³/mol. The maximum atomic E-state index is 6.09. The van der Waals surface area contributed by atoms with E-state index in [1.807, 2.05) is 0 Å². The molecule has 0 aliphatic carbocycles. The Morgan fingerprint density at radius 3 is 2.00 bits per heavy atom. The molecule has 0 bridgehead atoms. The molecule has 2 rings (SSSR count). The van der Waals surface area contributed by atoms with Crippen LogP contribution in [0.2, 0.25) is 0 Å². The first-order valence-electron chi connectivity index (χ1n) is 8.71. The van der Waals surface area contributed by atoms with Gasteiger partial charge in [0.15, 0.2) is 0 Å². The van der Waals surface area contributed by atoms with E-state index < -0.39 is 0 Å². The standard InChI is InChI=1S/C18H32O5/c1-4-7-19-8-16(23-15-18(6-3)13-22-14-18)9-20-10-17(5-2)11-21-12-17/h4,16H,1,5-15H2,2-3H3. The zero-order chi connectivity index (χ0) is 16.6. The second kappa shape index (κ2) is 9.14. The summed E-state index contributed by atoms with van der Waals surface area (Å²) in [4.78, 5) is 0. The molecule has 2 fully saturated rings. The lowest BCUT2D eigenvalue weighted by molar-refractivity contribution is -0.183. The van der Waals surface area contributed by atoms with E-state index in [1.165, 1.54) is 0 Å². The Balaban J connectivity index is 1.72. The van der Waals surface area contributed by atoms with Crippen LogP contribution >= 0.6 is 0 Å². The SMILES string of the molecule is C=CCOCC(COCC1(CC)COC1)OCC1(CC)COC1. The minimum Gasteiger partial charge on any atom is -0.380 e. The molecule has 0 N–H and O–H groups in total. The summed E-state index contributed by atoms with van der Waals surface area (Å²) in [6, 6.07) is 0. The van der Waals surface area contributed by atoms with Crippen LogP contribution in [0.1, 0.15) is 26.7 Å². The Morgan fingerprint density at radius 1 is 0.957 bits per heavy atom. The van der Waals surface area contributed by atoms with Crippen LogP contribution in [0.5, 0.6) is 0 Å². The fourth-order valence-corrected chi connectivity index (χ4v) is 2.69. The van der Waals surface area contributed by atoms with Gasteiger partial charge in [-0.15, -0.1) is 6.58 Å². The minimum absolute atomic E-state index is 0.0473. The number of ether oxygens (including phenoxy) is 5. The molecule has 1 atom stereocenters. The molecular weight excluding hydrogens is 296 g/mol. The molecule has 5 heteroatoms. The summed E-state index contributed by atoms with van der Waals surface area (Å²) in [7, 11) is 0. The lowest BCUT2D eigenvalue weighted by atomic mass is 9.84. The van der Waals surface area contributed by atoms with Gasteiger partial charge in [-0.2, -0.15) is 0 Å². The van der Waals surface area contributed by atoms with E-state index in [0.717, 1.165) is 45.9 Å². The Kier molecular flexibility index (Phi) is 7.50. The Bertz CT molecular complexity index is 338. The van der Waals surface area contributed by atoms with Crippen LogP contribution in [-0.4, -0.2) is 65.6 Å². The van der Waals surface area contributed by atoms with Crippen molar-refractivity contribution in [1.29, 1.82) is 0 Å². The monoisotopic (exact) mass is 328 g/mol. The maximum Gasteiger partial charge on any atom is 0.104 e. The summed E-state index contributed by atoms with van der Waals surface area (Å²) >= 11 is 0. The van der Waals surface area contributed by atoms with Crippen molar-refractivity contribution in [3.8, 4) is 0 Å². The van der Waals surface area contributed by atoms with E-state index in [1.54, 1.807) is 6.08 Å². The van der Waals surface area contributed by atoms with Crippen LogP contribution in [0.15, 0.2) is 12.7 Å². The molecule has 23 heavy (non-hydrogen) atoms. The minimum atomic E-state index is -0.0473. The summed E-state index contributed by atoms with van der Waals surface area (Å²) in [5.41, 5.74) is 0.391. The third-order valence-corrected chi connectivity index (χ3v) is 5.01. The van der Waals surface area contributed by atoms with E-state index >= 15 is 0 Å². The molecule has 2 aliphatic rings. The van der Waals surface area contributed by atoms with Crippen LogP contribution in [0, 0.1) is 10.8 Å². The number of rotatable bonds is 13. The Hall–Kier alpha value is -0.460. The van der Waals surface area contributed by atoms with Crippen LogP contribution in [-0.2, 0) is 23.7 Å². The van der Waals surface area contributed by atoms with Gasteiger partial charge in [0, 0.05) is 10.8 Å². The highest BCUT2D eigenvalue weighted by molar-refractivity contribution is 4.85. The van der Waals surface area contributed by atoms with Gasteiger partial charge in [0.05, 0.1) is 59.5 Å². The fourth-order valence-electron chi connectivity index (χ4n) is 2.69. The molecule has 0 aromatic heterocycles. The van der Waals surface area contributed by atoms with Gasteiger partial charge in [0.25, 0.3) is 0 Å². The van der Waals surface area contributed by atoms with Gasteiger partial charge < -0.3 is 23.7 Å². The van der Waals surface area contributed by atoms with Crippen LogP contribution in [0.3, 0.4) is 0 Å². The largest absolute Gasteiger partial charge is 0.380 e. The topological polar surface area (TPSA) is 46.2 Å². The Morgan fingerprint density at radius 2 is 1.52 bits per heavy atom. The quantitative estimate of drug-likeness (QED) is 0.384. The molecule has 134 valence electrons. The first-order chi connectivity index (χ1) is 11.2. The molecule has 0 aromatic rings. The third-order valence-electron chi connectivity index (χ3n) is 5.01. The van der Waals surface area contributed by atoms with Gasteiger partial charge in [-0.25, -0.2) is 0 Å². The highest BCUT2D eigenvalue weighted by Crippen LogP contribution is 2.33. The molecule has 2 aliphatic heterocycles. The molecule has 1 unspecified atom stereocenters. The van der Waals surface area contributed by atoms with Crippen molar-refractivity contribution < 1.29 is 23.7 Å².